The van der Waals surface area contributed by atoms with Crippen molar-refractivity contribution >= 4 is 5.91 Å². The van der Waals surface area contributed by atoms with Crippen LogP contribution in [0.4, 0.5) is 4.39 Å². The van der Waals surface area contributed by atoms with Crippen molar-refractivity contribution in [2.75, 3.05) is 13.6 Å². The summed E-state index contributed by atoms with van der Waals surface area (Å²) in [5, 5.41) is 5.72. The molecular weight excluding hydrogens is 219 g/mol. The zero-order valence-electron chi connectivity index (χ0n) is 10.5. The van der Waals surface area contributed by atoms with Gasteiger partial charge in [-0.1, -0.05) is 12.1 Å². The standard InChI is InChI=1S/C13H19FN2O/c1-13(2,16-12(17)9-15-3)8-10-4-6-11(14)7-5-10/h4-7,15H,8-9H2,1-3H3,(H,16,17). The maximum absolute atomic E-state index is 12.8. The van der Waals surface area contributed by atoms with E-state index >= 15 is 0 Å². The highest BCUT2D eigenvalue weighted by Crippen LogP contribution is 2.13. The zero-order valence-corrected chi connectivity index (χ0v) is 10.5. The van der Waals surface area contributed by atoms with Crippen LogP contribution in [0.5, 0.6) is 0 Å². The third-order valence-electron chi connectivity index (χ3n) is 2.37. The molecule has 0 bridgehead atoms. The summed E-state index contributed by atoms with van der Waals surface area (Å²) in [6.07, 6.45) is 0.669. The minimum absolute atomic E-state index is 0.0420. The minimum Gasteiger partial charge on any atom is -0.350 e. The number of halogens is 1. The molecule has 0 unspecified atom stereocenters. The van der Waals surface area contributed by atoms with E-state index in [1.54, 1.807) is 19.2 Å². The van der Waals surface area contributed by atoms with E-state index in [2.05, 4.69) is 10.6 Å². The molecule has 0 heterocycles. The van der Waals surface area contributed by atoms with E-state index in [0.29, 0.717) is 13.0 Å². The third kappa shape index (κ3) is 4.95. The van der Waals surface area contributed by atoms with Crippen molar-refractivity contribution in [2.24, 2.45) is 0 Å². The number of hydrogen-bond acceptors (Lipinski definition) is 2. The number of benzene rings is 1. The Hall–Kier alpha value is -1.42. The topological polar surface area (TPSA) is 41.1 Å². The lowest BCUT2D eigenvalue weighted by molar-refractivity contribution is -0.121. The van der Waals surface area contributed by atoms with Crippen LogP contribution < -0.4 is 10.6 Å². The van der Waals surface area contributed by atoms with E-state index in [4.69, 9.17) is 0 Å². The van der Waals surface area contributed by atoms with Crippen molar-refractivity contribution in [1.29, 1.82) is 0 Å². The summed E-state index contributed by atoms with van der Waals surface area (Å²) in [6.45, 7) is 4.20. The molecule has 0 spiro atoms. The van der Waals surface area contributed by atoms with Crippen molar-refractivity contribution in [1.82, 2.24) is 10.6 Å². The van der Waals surface area contributed by atoms with Gasteiger partial charge in [-0.25, -0.2) is 4.39 Å². The van der Waals surface area contributed by atoms with E-state index < -0.39 is 0 Å². The summed E-state index contributed by atoms with van der Waals surface area (Å²) in [5.41, 5.74) is 0.660. The van der Waals surface area contributed by atoms with Gasteiger partial charge in [0.05, 0.1) is 6.54 Å². The van der Waals surface area contributed by atoms with Gasteiger partial charge in [-0.2, -0.15) is 0 Å². The number of amides is 1. The predicted molar refractivity (Wildman–Crippen MR) is 66.3 cm³/mol. The Kier molecular flexibility index (Phi) is 4.63. The molecule has 4 heteroatoms. The molecule has 0 saturated heterocycles. The minimum atomic E-state index is -0.342. The molecule has 1 aromatic carbocycles. The van der Waals surface area contributed by atoms with Crippen molar-refractivity contribution in [3.63, 3.8) is 0 Å². The molecule has 1 amide bonds. The van der Waals surface area contributed by atoms with Gasteiger partial charge in [-0.3, -0.25) is 4.79 Å². The summed E-state index contributed by atoms with van der Waals surface area (Å²) in [7, 11) is 1.73. The summed E-state index contributed by atoms with van der Waals surface area (Å²) in [5.74, 6) is -0.287. The molecule has 0 aliphatic carbocycles. The van der Waals surface area contributed by atoms with Crippen LogP contribution in [-0.2, 0) is 11.2 Å². The number of nitrogens with one attached hydrogen (secondary N) is 2. The van der Waals surface area contributed by atoms with Gasteiger partial charge in [0, 0.05) is 5.54 Å². The first-order valence-corrected chi connectivity index (χ1v) is 5.63. The predicted octanol–water partition coefficient (Wildman–Crippen LogP) is 1.48. The number of hydrogen-bond donors (Lipinski definition) is 2. The van der Waals surface area contributed by atoms with Gasteiger partial charge in [0.2, 0.25) is 5.91 Å². The highest BCUT2D eigenvalue weighted by atomic mass is 19.1. The van der Waals surface area contributed by atoms with Crippen LogP contribution in [-0.4, -0.2) is 25.0 Å². The second kappa shape index (κ2) is 5.77. The van der Waals surface area contributed by atoms with Gasteiger partial charge in [0.15, 0.2) is 0 Å². The van der Waals surface area contributed by atoms with Crippen LogP contribution in [0, 0.1) is 5.82 Å². The average Bonchev–Trinajstić information content (AvgIpc) is 2.20. The van der Waals surface area contributed by atoms with Crippen LogP contribution in [0.3, 0.4) is 0 Å². The zero-order chi connectivity index (χ0) is 12.9. The first-order valence-electron chi connectivity index (χ1n) is 5.63. The van der Waals surface area contributed by atoms with Crippen molar-refractivity contribution in [3.8, 4) is 0 Å². The molecule has 0 fully saturated rings. The van der Waals surface area contributed by atoms with Gasteiger partial charge in [0.1, 0.15) is 5.82 Å². The molecule has 1 rings (SSSR count). The fraction of sp³-hybridized carbons (Fsp3) is 0.462. The third-order valence-corrected chi connectivity index (χ3v) is 2.37. The van der Waals surface area contributed by atoms with Crippen LogP contribution in [0.2, 0.25) is 0 Å². The maximum atomic E-state index is 12.8. The Balaban J connectivity index is 2.59. The molecule has 0 aromatic heterocycles. The fourth-order valence-electron chi connectivity index (χ4n) is 1.74. The Morgan fingerprint density at radius 1 is 1.29 bits per heavy atom. The van der Waals surface area contributed by atoms with Crippen molar-refractivity contribution in [3.05, 3.63) is 35.6 Å². The summed E-state index contributed by atoms with van der Waals surface area (Å²) in [6, 6.07) is 6.34. The Bertz CT molecular complexity index is 374. The maximum Gasteiger partial charge on any atom is 0.234 e. The number of likely N-dealkylation sites (N-methyl/N-ethyl adjacent to an activating group) is 1. The molecule has 0 aliphatic heterocycles. The molecule has 0 atom stereocenters. The lowest BCUT2D eigenvalue weighted by atomic mass is 9.95. The summed E-state index contributed by atoms with van der Waals surface area (Å²) in [4.78, 5) is 11.5. The Morgan fingerprint density at radius 2 is 1.88 bits per heavy atom. The van der Waals surface area contributed by atoms with E-state index in [0.717, 1.165) is 5.56 Å². The van der Waals surface area contributed by atoms with Crippen LogP contribution in [0.1, 0.15) is 19.4 Å². The second-order valence-electron chi connectivity index (χ2n) is 4.77. The molecular formula is C13H19FN2O. The van der Waals surface area contributed by atoms with Gasteiger partial charge in [-0.15, -0.1) is 0 Å². The smallest absolute Gasteiger partial charge is 0.234 e. The molecule has 1 aromatic rings. The first kappa shape index (κ1) is 13.6. The number of carbonyl (C=O) groups is 1. The van der Waals surface area contributed by atoms with Crippen LogP contribution >= 0.6 is 0 Å². The molecule has 17 heavy (non-hydrogen) atoms. The highest BCUT2D eigenvalue weighted by Gasteiger charge is 2.20. The van der Waals surface area contributed by atoms with E-state index in [1.165, 1.54) is 12.1 Å². The van der Waals surface area contributed by atoms with Crippen LogP contribution in [0.15, 0.2) is 24.3 Å². The molecule has 0 radical (unpaired) electrons. The second-order valence-corrected chi connectivity index (χ2v) is 4.77. The lowest BCUT2D eigenvalue weighted by Crippen LogP contribution is -2.47. The van der Waals surface area contributed by atoms with E-state index in [1.807, 2.05) is 13.8 Å². The van der Waals surface area contributed by atoms with Crippen molar-refractivity contribution in [2.45, 2.75) is 25.8 Å². The quantitative estimate of drug-likeness (QED) is 0.816. The summed E-state index contributed by atoms with van der Waals surface area (Å²) >= 11 is 0. The Morgan fingerprint density at radius 3 is 2.41 bits per heavy atom. The number of carbonyl (C=O) groups excluding carboxylic acids is 1. The molecule has 2 N–H and O–H groups in total. The van der Waals surface area contributed by atoms with Crippen molar-refractivity contribution < 1.29 is 9.18 Å². The van der Waals surface area contributed by atoms with Gasteiger partial charge in [-0.05, 0) is 45.0 Å². The largest absolute Gasteiger partial charge is 0.350 e. The summed E-state index contributed by atoms with van der Waals surface area (Å²) < 4.78 is 12.8. The SMILES string of the molecule is CNCC(=O)NC(C)(C)Cc1ccc(F)cc1. The van der Waals surface area contributed by atoms with Gasteiger partial charge < -0.3 is 10.6 Å². The van der Waals surface area contributed by atoms with E-state index in [-0.39, 0.29) is 17.3 Å². The average molecular weight is 238 g/mol. The molecule has 0 saturated carbocycles. The highest BCUT2D eigenvalue weighted by molar-refractivity contribution is 5.78. The monoisotopic (exact) mass is 238 g/mol. The molecule has 0 aliphatic rings. The fourth-order valence-corrected chi connectivity index (χ4v) is 1.74. The molecule has 3 nitrogen and oxygen atoms in total. The van der Waals surface area contributed by atoms with Crippen LogP contribution in [0.25, 0.3) is 0 Å². The Labute approximate surface area is 101 Å². The normalized spacial score (nSPS) is 11.3. The first-order chi connectivity index (χ1) is 7.93. The van der Waals surface area contributed by atoms with Gasteiger partial charge >= 0.3 is 0 Å². The molecule has 94 valence electrons. The van der Waals surface area contributed by atoms with E-state index in [9.17, 15) is 9.18 Å². The lowest BCUT2D eigenvalue weighted by Gasteiger charge is -2.26. The van der Waals surface area contributed by atoms with Gasteiger partial charge in [0.25, 0.3) is 0 Å². The number of rotatable bonds is 5.